The molecule has 1 aromatic carbocycles. The molecule has 0 bridgehead atoms. The molecule has 0 spiro atoms. The van der Waals surface area contributed by atoms with Crippen molar-refractivity contribution in [2.45, 2.75) is 13.2 Å². The largest absolute Gasteiger partial charge is 0.480 e. The number of hydrogen-bond acceptors (Lipinski definition) is 4. The molecule has 3 rings (SSSR count). The third-order valence-electron chi connectivity index (χ3n) is 3.45. The molecule has 138 valence electrons. The normalized spacial score (nSPS) is 10.6. The van der Waals surface area contributed by atoms with Crippen molar-refractivity contribution in [1.82, 2.24) is 9.38 Å². The van der Waals surface area contributed by atoms with E-state index in [1.165, 1.54) is 12.1 Å². The second-order valence-corrected chi connectivity index (χ2v) is 5.38. The van der Waals surface area contributed by atoms with Crippen LogP contribution in [0.3, 0.4) is 0 Å². The maximum absolute atomic E-state index is 12.3. The van der Waals surface area contributed by atoms with E-state index in [1.54, 1.807) is 34.9 Å². The van der Waals surface area contributed by atoms with Crippen LogP contribution in [-0.4, -0.2) is 33.7 Å². The number of pyridine rings is 1. The van der Waals surface area contributed by atoms with Gasteiger partial charge >= 0.3 is 12.6 Å². The number of ether oxygens (including phenoxy) is 2. The molecular weight excluding hydrogens is 358 g/mol. The number of carbonyl (C=O) groups is 1. The zero-order chi connectivity index (χ0) is 19.2. The van der Waals surface area contributed by atoms with Crippen LogP contribution in [0.25, 0.3) is 5.65 Å². The molecule has 0 amide bonds. The molecule has 0 saturated heterocycles. The number of halogens is 2. The molecule has 2 aromatic heterocycles. The topological polar surface area (TPSA) is 73.1 Å². The van der Waals surface area contributed by atoms with Crippen LogP contribution >= 0.6 is 0 Å². The summed E-state index contributed by atoms with van der Waals surface area (Å²) < 4.78 is 35.9. The number of aromatic nitrogens is 2. The van der Waals surface area contributed by atoms with Crippen molar-refractivity contribution >= 4 is 11.6 Å². The van der Waals surface area contributed by atoms with Crippen LogP contribution < -0.4 is 4.74 Å². The number of imidazole rings is 1. The predicted octanol–water partition coefficient (Wildman–Crippen LogP) is 2.94. The smallest absolute Gasteiger partial charge is 0.387 e. The molecule has 27 heavy (non-hydrogen) atoms. The fourth-order valence-electron chi connectivity index (χ4n) is 2.39. The number of nitrogens with zero attached hydrogens (tertiary/aromatic N) is 2. The molecule has 0 unspecified atom stereocenters. The number of hydrogen-bond donors (Lipinski definition) is 1. The predicted molar refractivity (Wildman–Crippen MR) is 91.5 cm³/mol. The number of fused-ring (bicyclic) bond motifs is 1. The van der Waals surface area contributed by atoms with Gasteiger partial charge in [-0.1, -0.05) is 18.1 Å². The Bertz CT molecular complexity index is 1020. The van der Waals surface area contributed by atoms with Gasteiger partial charge in [-0.15, -0.1) is 0 Å². The number of carboxylic acid groups (broad SMARTS) is 1. The van der Waals surface area contributed by atoms with E-state index in [4.69, 9.17) is 9.84 Å². The third kappa shape index (κ3) is 4.80. The van der Waals surface area contributed by atoms with Crippen molar-refractivity contribution in [1.29, 1.82) is 0 Å². The Labute approximate surface area is 153 Å². The SMILES string of the molecule is O=C(O)COCc1nc2ccccn2c1C#Cc1cccc(OC(F)F)c1. The minimum atomic E-state index is -2.91. The summed E-state index contributed by atoms with van der Waals surface area (Å²) in [6.45, 7) is -3.38. The summed E-state index contributed by atoms with van der Waals surface area (Å²) in [7, 11) is 0. The first-order valence-electron chi connectivity index (χ1n) is 7.85. The Kier molecular flexibility index (Phi) is 5.64. The van der Waals surface area contributed by atoms with Crippen LogP contribution in [0.4, 0.5) is 8.78 Å². The second kappa shape index (κ2) is 8.29. The van der Waals surface area contributed by atoms with E-state index in [2.05, 4.69) is 21.6 Å². The zero-order valence-electron chi connectivity index (χ0n) is 13.9. The lowest BCUT2D eigenvalue weighted by Gasteiger charge is -2.03. The second-order valence-electron chi connectivity index (χ2n) is 5.38. The Morgan fingerprint density at radius 3 is 2.85 bits per heavy atom. The summed E-state index contributed by atoms with van der Waals surface area (Å²) in [5.41, 5.74) is 2.12. The fourth-order valence-corrected chi connectivity index (χ4v) is 2.39. The van der Waals surface area contributed by atoms with Crippen molar-refractivity contribution in [3.63, 3.8) is 0 Å². The monoisotopic (exact) mass is 372 g/mol. The van der Waals surface area contributed by atoms with Gasteiger partial charge in [0.25, 0.3) is 0 Å². The Morgan fingerprint density at radius 1 is 1.22 bits per heavy atom. The zero-order valence-corrected chi connectivity index (χ0v) is 13.9. The molecule has 0 aliphatic rings. The van der Waals surface area contributed by atoms with Gasteiger partial charge in [-0.3, -0.25) is 4.40 Å². The summed E-state index contributed by atoms with van der Waals surface area (Å²) >= 11 is 0. The minimum absolute atomic E-state index is 0.0138. The molecule has 0 radical (unpaired) electrons. The molecular formula is C19H14F2N2O4. The van der Waals surface area contributed by atoms with Crippen LogP contribution in [0, 0.1) is 11.8 Å². The first-order chi connectivity index (χ1) is 13.0. The number of aliphatic carboxylic acids is 1. The molecule has 0 aliphatic carbocycles. The van der Waals surface area contributed by atoms with Gasteiger partial charge in [0.2, 0.25) is 0 Å². The average molecular weight is 372 g/mol. The molecule has 0 saturated carbocycles. The van der Waals surface area contributed by atoms with Gasteiger partial charge in [-0.2, -0.15) is 8.78 Å². The molecule has 2 heterocycles. The fraction of sp³-hybridized carbons (Fsp3) is 0.158. The lowest BCUT2D eigenvalue weighted by atomic mass is 10.2. The van der Waals surface area contributed by atoms with E-state index in [9.17, 15) is 13.6 Å². The summed E-state index contributed by atoms with van der Waals surface area (Å²) in [6.07, 6.45) is 1.77. The molecule has 8 heteroatoms. The van der Waals surface area contributed by atoms with Crippen LogP contribution in [-0.2, 0) is 16.1 Å². The summed E-state index contributed by atoms with van der Waals surface area (Å²) in [4.78, 5) is 15.0. The Morgan fingerprint density at radius 2 is 2.07 bits per heavy atom. The van der Waals surface area contributed by atoms with E-state index in [0.717, 1.165) is 0 Å². The van der Waals surface area contributed by atoms with E-state index in [-0.39, 0.29) is 12.4 Å². The lowest BCUT2D eigenvalue weighted by Crippen LogP contribution is -2.07. The maximum atomic E-state index is 12.3. The van der Waals surface area contributed by atoms with Crippen LogP contribution in [0.1, 0.15) is 17.0 Å². The highest BCUT2D eigenvalue weighted by molar-refractivity contribution is 5.68. The van der Waals surface area contributed by atoms with Gasteiger partial charge < -0.3 is 14.6 Å². The molecule has 0 aliphatic heterocycles. The highest BCUT2D eigenvalue weighted by atomic mass is 19.3. The highest BCUT2D eigenvalue weighted by Crippen LogP contribution is 2.16. The third-order valence-corrected chi connectivity index (χ3v) is 3.45. The van der Waals surface area contributed by atoms with Crippen LogP contribution in [0.2, 0.25) is 0 Å². The van der Waals surface area contributed by atoms with Gasteiger partial charge in [0.1, 0.15) is 29.4 Å². The Hall–Kier alpha value is -3.44. The molecule has 1 N–H and O–H groups in total. The first kappa shape index (κ1) is 18.4. The number of rotatable bonds is 6. The molecule has 3 aromatic rings. The van der Waals surface area contributed by atoms with Crippen molar-refractivity contribution in [2.75, 3.05) is 6.61 Å². The van der Waals surface area contributed by atoms with E-state index < -0.39 is 19.2 Å². The minimum Gasteiger partial charge on any atom is -0.480 e. The Balaban J connectivity index is 1.92. The summed E-state index contributed by atoms with van der Waals surface area (Å²) in [5.74, 6) is 4.77. The highest BCUT2D eigenvalue weighted by Gasteiger charge is 2.11. The number of carboxylic acids is 1. The van der Waals surface area contributed by atoms with Crippen molar-refractivity contribution in [3.05, 3.63) is 65.6 Å². The van der Waals surface area contributed by atoms with Gasteiger partial charge in [-0.25, -0.2) is 9.78 Å². The van der Waals surface area contributed by atoms with E-state index in [1.807, 2.05) is 6.07 Å². The molecule has 6 nitrogen and oxygen atoms in total. The van der Waals surface area contributed by atoms with Crippen molar-refractivity contribution in [3.8, 4) is 17.6 Å². The van der Waals surface area contributed by atoms with Gasteiger partial charge in [-0.05, 0) is 36.3 Å². The van der Waals surface area contributed by atoms with Crippen molar-refractivity contribution < 1.29 is 28.2 Å². The first-order valence-corrected chi connectivity index (χ1v) is 7.85. The van der Waals surface area contributed by atoms with E-state index in [0.29, 0.717) is 22.6 Å². The molecule has 0 atom stereocenters. The van der Waals surface area contributed by atoms with Crippen molar-refractivity contribution in [2.24, 2.45) is 0 Å². The summed E-state index contributed by atoms with van der Waals surface area (Å²) in [6, 6.07) is 11.4. The van der Waals surface area contributed by atoms with Crippen LogP contribution in [0.5, 0.6) is 5.75 Å². The lowest BCUT2D eigenvalue weighted by molar-refractivity contribution is -0.142. The molecule has 0 fully saturated rings. The van der Waals surface area contributed by atoms with Crippen LogP contribution in [0.15, 0.2) is 48.7 Å². The quantitative estimate of drug-likeness (QED) is 0.674. The van der Waals surface area contributed by atoms with Gasteiger partial charge in [0.15, 0.2) is 0 Å². The summed E-state index contributed by atoms with van der Waals surface area (Å²) in [5, 5.41) is 8.70. The van der Waals surface area contributed by atoms with Gasteiger partial charge in [0, 0.05) is 11.8 Å². The maximum Gasteiger partial charge on any atom is 0.387 e. The van der Waals surface area contributed by atoms with Gasteiger partial charge in [0.05, 0.1) is 6.61 Å². The van der Waals surface area contributed by atoms with E-state index >= 15 is 0 Å². The number of benzene rings is 1. The average Bonchev–Trinajstić information content (AvgIpc) is 2.97. The standard InChI is InChI=1S/C19H14F2N2O4/c20-19(21)27-14-5-3-4-13(10-14)7-8-16-15(11-26-12-18(24)25)22-17-6-1-2-9-23(16)17/h1-6,9-10,19H,11-12H2,(H,24,25). The number of alkyl halides is 2.